The fourth-order valence-corrected chi connectivity index (χ4v) is 3.90. The Kier molecular flexibility index (Phi) is 6.66. The molecular weight excluding hydrogens is 404 g/mol. The van der Waals surface area contributed by atoms with Crippen LogP contribution in [-0.4, -0.2) is 58.3 Å². The van der Waals surface area contributed by atoms with Crippen LogP contribution in [-0.2, 0) is 6.54 Å². The Balaban J connectivity index is 1.42. The minimum atomic E-state index is -0.337. The smallest absolute Gasteiger partial charge is 0.278 e. The lowest BCUT2D eigenvalue weighted by molar-refractivity contribution is 0.0619. The molecule has 1 aliphatic heterocycles. The number of hydrogen-bond donors (Lipinski definition) is 0. The van der Waals surface area contributed by atoms with E-state index in [0.29, 0.717) is 25.4 Å². The van der Waals surface area contributed by atoms with E-state index in [0.717, 1.165) is 31.1 Å². The van der Waals surface area contributed by atoms with Crippen molar-refractivity contribution in [1.29, 1.82) is 0 Å². The first kappa shape index (κ1) is 21.8. The monoisotopic (exact) mass is 432 g/mol. The van der Waals surface area contributed by atoms with Crippen LogP contribution in [0.1, 0.15) is 28.7 Å². The molecule has 4 rings (SSSR count). The van der Waals surface area contributed by atoms with E-state index < -0.39 is 0 Å². The number of benzene rings is 2. The van der Waals surface area contributed by atoms with Gasteiger partial charge >= 0.3 is 0 Å². The third-order valence-corrected chi connectivity index (χ3v) is 5.61. The van der Waals surface area contributed by atoms with Crippen LogP contribution in [0.25, 0.3) is 5.69 Å². The van der Waals surface area contributed by atoms with E-state index in [9.17, 15) is 9.59 Å². The van der Waals surface area contributed by atoms with Gasteiger partial charge in [-0.3, -0.25) is 14.5 Å². The number of aromatic nitrogens is 2. The van der Waals surface area contributed by atoms with E-state index >= 15 is 0 Å². The molecule has 1 aliphatic rings. The van der Waals surface area contributed by atoms with Gasteiger partial charge in [-0.2, -0.15) is 5.10 Å². The number of amides is 1. The molecule has 2 heterocycles. The van der Waals surface area contributed by atoms with Gasteiger partial charge in [0.25, 0.3) is 5.91 Å². The van der Waals surface area contributed by atoms with Crippen molar-refractivity contribution >= 4 is 5.91 Å². The van der Waals surface area contributed by atoms with Crippen LogP contribution < -0.4 is 10.2 Å². The van der Waals surface area contributed by atoms with Crippen molar-refractivity contribution in [3.8, 4) is 11.4 Å². The number of rotatable bonds is 6. The molecule has 32 heavy (non-hydrogen) atoms. The van der Waals surface area contributed by atoms with E-state index in [1.54, 1.807) is 9.58 Å². The first-order chi connectivity index (χ1) is 15.5. The van der Waals surface area contributed by atoms with Crippen LogP contribution in [0.15, 0.2) is 65.5 Å². The number of piperazine rings is 1. The van der Waals surface area contributed by atoms with Crippen LogP contribution in [0.3, 0.4) is 0 Å². The largest absolute Gasteiger partial charge is 0.494 e. The third kappa shape index (κ3) is 4.89. The molecule has 0 unspecified atom stereocenters. The minimum absolute atomic E-state index is 0.0283. The van der Waals surface area contributed by atoms with Crippen LogP contribution in [0.5, 0.6) is 5.75 Å². The summed E-state index contributed by atoms with van der Waals surface area (Å²) in [7, 11) is 0. The molecule has 7 heteroatoms. The second-order valence-electron chi connectivity index (χ2n) is 7.89. The lowest BCUT2D eigenvalue weighted by Crippen LogP contribution is -2.49. The van der Waals surface area contributed by atoms with Gasteiger partial charge in [0.05, 0.1) is 12.3 Å². The second-order valence-corrected chi connectivity index (χ2v) is 7.89. The molecule has 0 aliphatic carbocycles. The Bertz CT molecular complexity index is 1120. The first-order valence-electron chi connectivity index (χ1n) is 10.9. The first-order valence-corrected chi connectivity index (χ1v) is 10.9. The molecule has 1 saturated heterocycles. The maximum absolute atomic E-state index is 13.1. The van der Waals surface area contributed by atoms with Gasteiger partial charge in [0.2, 0.25) is 5.43 Å². The number of para-hydroxylation sites is 1. The van der Waals surface area contributed by atoms with Gasteiger partial charge in [0.15, 0.2) is 5.69 Å². The molecule has 0 N–H and O–H groups in total. The normalized spacial score (nSPS) is 14.4. The van der Waals surface area contributed by atoms with Crippen molar-refractivity contribution in [2.45, 2.75) is 20.4 Å². The molecule has 0 saturated carbocycles. The second kappa shape index (κ2) is 9.78. The Morgan fingerprint density at radius 1 is 1.00 bits per heavy atom. The average Bonchev–Trinajstić information content (AvgIpc) is 2.81. The molecule has 2 aromatic carbocycles. The highest BCUT2D eigenvalue weighted by Crippen LogP contribution is 2.15. The fraction of sp³-hybridized carbons (Fsp3) is 0.320. The van der Waals surface area contributed by atoms with E-state index in [-0.39, 0.29) is 17.0 Å². The molecule has 0 spiro atoms. The maximum atomic E-state index is 13.1. The molecule has 166 valence electrons. The van der Waals surface area contributed by atoms with Crippen LogP contribution in [0.4, 0.5) is 0 Å². The molecule has 1 aromatic heterocycles. The minimum Gasteiger partial charge on any atom is -0.494 e. The molecule has 3 aromatic rings. The van der Waals surface area contributed by atoms with Gasteiger partial charge in [0, 0.05) is 44.5 Å². The van der Waals surface area contributed by atoms with Gasteiger partial charge in [-0.05, 0) is 43.7 Å². The number of carbonyl (C=O) groups excluding carboxylic acids is 1. The quantitative estimate of drug-likeness (QED) is 0.599. The number of nitrogens with zero attached hydrogens (tertiary/aromatic N) is 4. The van der Waals surface area contributed by atoms with Gasteiger partial charge in [-0.15, -0.1) is 0 Å². The summed E-state index contributed by atoms with van der Waals surface area (Å²) in [5.41, 5.74) is 2.35. The topological polar surface area (TPSA) is 67.7 Å². The Hall–Kier alpha value is -3.45. The Labute approximate surface area is 187 Å². The molecule has 7 nitrogen and oxygen atoms in total. The summed E-state index contributed by atoms with van der Waals surface area (Å²) >= 11 is 0. The van der Waals surface area contributed by atoms with Crippen molar-refractivity contribution in [2.75, 3.05) is 32.8 Å². The number of carbonyl (C=O) groups is 1. The summed E-state index contributed by atoms with van der Waals surface area (Å²) in [6.45, 7) is 7.88. The third-order valence-electron chi connectivity index (χ3n) is 5.61. The molecule has 0 radical (unpaired) electrons. The van der Waals surface area contributed by atoms with Gasteiger partial charge in [-0.1, -0.05) is 30.3 Å². The summed E-state index contributed by atoms with van der Waals surface area (Å²) in [4.78, 5) is 29.7. The number of hydrogen-bond acceptors (Lipinski definition) is 5. The zero-order valence-corrected chi connectivity index (χ0v) is 18.5. The standard InChI is InChI=1S/C25H28N4O3/c1-3-32-22-11-9-20(10-12-22)18-27-13-15-28(16-14-27)25(31)24-23(30)17-19(2)29(26-24)21-7-5-4-6-8-21/h4-12,17H,3,13-16,18H2,1-2H3. The highest BCUT2D eigenvalue weighted by molar-refractivity contribution is 5.92. The zero-order valence-electron chi connectivity index (χ0n) is 18.5. The molecule has 1 fully saturated rings. The maximum Gasteiger partial charge on any atom is 0.278 e. The Morgan fingerprint density at radius 2 is 1.69 bits per heavy atom. The lowest BCUT2D eigenvalue weighted by atomic mass is 10.2. The van der Waals surface area contributed by atoms with E-state index in [2.05, 4.69) is 22.1 Å². The van der Waals surface area contributed by atoms with Crippen LogP contribution in [0.2, 0.25) is 0 Å². The summed E-state index contributed by atoms with van der Waals surface area (Å²) in [5.74, 6) is 0.568. The SMILES string of the molecule is CCOc1ccc(CN2CCN(C(=O)c3nn(-c4ccccc4)c(C)cc3=O)CC2)cc1. The summed E-state index contributed by atoms with van der Waals surface area (Å²) in [5, 5.41) is 4.41. The highest BCUT2D eigenvalue weighted by atomic mass is 16.5. The van der Waals surface area contributed by atoms with Crippen molar-refractivity contribution in [1.82, 2.24) is 19.6 Å². The summed E-state index contributed by atoms with van der Waals surface area (Å²) in [6.07, 6.45) is 0. The van der Waals surface area contributed by atoms with Gasteiger partial charge in [-0.25, -0.2) is 4.68 Å². The summed E-state index contributed by atoms with van der Waals surface area (Å²) in [6, 6.07) is 19.1. The molecule has 0 atom stereocenters. The number of aryl methyl sites for hydroxylation is 1. The summed E-state index contributed by atoms with van der Waals surface area (Å²) < 4.78 is 7.15. The molecule has 0 bridgehead atoms. The average molecular weight is 433 g/mol. The zero-order chi connectivity index (χ0) is 22.5. The van der Waals surface area contributed by atoms with Gasteiger partial charge < -0.3 is 9.64 Å². The van der Waals surface area contributed by atoms with Gasteiger partial charge in [0.1, 0.15) is 5.75 Å². The van der Waals surface area contributed by atoms with Crippen molar-refractivity contribution in [2.24, 2.45) is 0 Å². The molecule has 1 amide bonds. The van der Waals surface area contributed by atoms with E-state index in [4.69, 9.17) is 4.74 Å². The van der Waals surface area contributed by atoms with E-state index in [1.165, 1.54) is 11.6 Å². The van der Waals surface area contributed by atoms with Crippen LogP contribution >= 0.6 is 0 Å². The van der Waals surface area contributed by atoms with Crippen molar-refractivity contribution in [3.05, 3.63) is 87.8 Å². The number of ether oxygens (including phenoxy) is 1. The highest BCUT2D eigenvalue weighted by Gasteiger charge is 2.25. The lowest BCUT2D eigenvalue weighted by Gasteiger charge is -2.34. The predicted molar refractivity (Wildman–Crippen MR) is 123 cm³/mol. The predicted octanol–water partition coefficient (Wildman–Crippen LogP) is 2.90. The fourth-order valence-electron chi connectivity index (χ4n) is 3.90. The Morgan fingerprint density at radius 3 is 2.34 bits per heavy atom. The van der Waals surface area contributed by atoms with Crippen molar-refractivity contribution < 1.29 is 9.53 Å². The van der Waals surface area contributed by atoms with Crippen LogP contribution in [0, 0.1) is 6.92 Å². The van der Waals surface area contributed by atoms with Crippen molar-refractivity contribution in [3.63, 3.8) is 0 Å². The van der Waals surface area contributed by atoms with E-state index in [1.807, 2.05) is 56.3 Å². The molecular formula is C25H28N4O3.